The van der Waals surface area contributed by atoms with Gasteiger partial charge in [-0.05, 0) is 12.1 Å². The van der Waals surface area contributed by atoms with Crippen molar-refractivity contribution in [2.75, 3.05) is 4.90 Å². The molecule has 0 saturated carbocycles. The highest BCUT2D eigenvalue weighted by molar-refractivity contribution is 6.29. The van der Waals surface area contributed by atoms with Crippen molar-refractivity contribution < 1.29 is 9.59 Å². The molecule has 0 spiro atoms. The lowest BCUT2D eigenvalue weighted by Crippen LogP contribution is -2.32. The van der Waals surface area contributed by atoms with E-state index in [2.05, 4.69) is 10.2 Å². The highest BCUT2D eigenvalue weighted by Gasteiger charge is 2.54. The average Bonchev–Trinajstić information content (AvgIpc) is 2.82. The Morgan fingerprint density at radius 3 is 2.41 bits per heavy atom. The van der Waals surface area contributed by atoms with Gasteiger partial charge < -0.3 is 0 Å². The SMILES string of the molecule is O=C1C2N=NC(Cl)C2C(=O)N1c1ccccc1. The summed E-state index contributed by atoms with van der Waals surface area (Å²) in [6.07, 6.45) is 0. The zero-order valence-corrected chi connectivity index (χ0v) is 9.41. The lowest BCUT2D eigenvalue weighted by Gasteiger charge is -2.14. The van der Waals surface area contributed by atoms with Crippen molar-refractivity contribution >= 4 is 29.1 Å². The van der Waals surface area contributed by atoms with Crippen LogP contribution in [-0.4, -0.2) is 23.4 Å². The smallest absolute Gasteiger partial charge is 0.261 e. The lowest BCUT2D eigenvalue weighted by molar-refractivity contribution is -0.122. The van der Waals surface area contributed by atoms with Crippen LogP contribution < -0.4 is 4.90 Å². The molecule has 5 nitrogen and oxygen atoms in total. The number of para-hydroxylation sites is 1. The molecule has 3 unspecified atom stereocenters. The van der Waals surface area contributed by atoms with Gasteiger partial charge in [0.25, 0.3) is 5.91 Å². The van der Waals surface area contributed by atoms with Crippen LogP contribution in [0.15, 0.2) is 40.6 Å². The molecule has 2 amide bonds. The van der Waals surface area contributed by atoms with Crippen LogP contribution in [-0.2, 0) is 9.59 Å². The number of hydrogen-bond donors (Lipinski definition) is 0. The minimum atomic E-state index is -0.745. The number of halogens is 1. The Morgan fingerprint density at radius 2 is 1.76 bits per heavy atom. The second-order valence-electron chi connectivity index (χ2n) is 3.92. The van der Waals surface area contributed by atoms with E-state index in [0.717, 1.165) is 4.90 Å². The number of amides is 2. The van der Waals surface area contributed by atoms with Crippen molar-refractivity contribution in [1.82, 2.24) is 0 Å². The predicted molar refractivity (Wildman–Crippen MR) is 60.7 cm³/mol. The van der Waals surface area contributed by atoms with E-state index >= 15 is 0 Å². The van der Waals surface area contributed by atoms with Crippen molar-refractivity contribution in [2.45, 2.75) is 11.5 Å². The zero-order valence-electron chi connectivity index (χ0n) is 8.65. The quantitative estimate of drug-likeness (QED) is 0.431. The monoisotopic (exact) mass is 249 g/mol. The summed E-state index contributed by atoms with van der Waals surface area (Å²) < 4.78 is 0. The third-order valence-electron chi connectivity index (χ3n) is 2.93. The molecule has 0 aromatic heterocycles. The Balaban J connectivity index is 2.01. The van der Waals surface area contributed by atoms with Gasteiger partial charge in [-0.1, -0.05) is 29.8 Å². The summed E-state index contributed by atoms with van der Waals surface area (Å²) >= 11 is 5.87. The largest absolute Gasteiger partial charge is 0.273 e. The normalized spacial score (nSPS) is 31.1. The Morgan fingerprint density at radius 1 is 1.06 bits per heavy atom. The number of imide groups is 1. The number of carbonyl (C=O) groups is 2. The molecular weight excluding hydrogens is 242 g/mol. The fourth-order valence-electron chi connectivity index (χ4n) is 2.11. The van der Waals surface area contributed by atoms with E-state index in [9.17, 15) is 9.59 Å². The van der Waals surface area contributed by atoms with E-state index in [4.69, 9.17) is 11.6 Å². The zero-order chi connectivity index (χ0) is 12.0. The number of anilines is 1. The Hall–Kier alpha value is -1.75. The van der Waals surface area contributed by atoms with E-state index in [1.165, 1.54) is 0 Å². The van der Waals surface area contributed by atoms with E-state index < -0.39 is 17.5 Å². The van der Waals surface area contributed by atoms with Gasteiger partial charge >= 0.3 is 0 Å². The van der Waals surface area contributed by atoms with Gasteiger partial charge in [-0.15, -0.1) is 0 Å². The molecule has 17 heavy (non-hydrogen) atoms. The first-order valence-corrected chi connectivity index (χ1v) is 5.60. The molecule has 86 valence electrons. The standard InChI is InChI=1S/C11H8ClN3O2/c12-9-7-8(13-14-9)11(17)15(10(7)16)6-4-2-1-3-5-6/h1-5,7-9H. The number of azo groups is 1. The van der Waals surface area contributed by atoms with E-state index in [0.29, 0.717) is 5.69 Å². The predicted octanol–water partition coefficient (Wildman–Crippen LogP) is 1.58. The summed E-state index contributed by atoms with van der Waals surface area (Å²) in [7, 11) is 0. The molecular formula is C11H8ClN3O2. The first-order chi connectivity index (χ1) is 8.20. The maximum absolute atomic E-state index is 12.1. The molecule has 1 saturated heterocycles. The molecule has 0 bridgehead atoms. The Labute approximate surface area is 102 Å². The van der Waals surface area contributed by atoms with Crippen LogP contribution >= 0.6 is 11.6 Å². The van der Waals surface area contributed by atoms with Gasteiger partial charge in [-0.25, -0.2) is 4.90 Å². The number of hydrogen-bond acceptors (Lipinski definition) is 4. The highest BCUT2D eigenvalue weighted by Crippen LogP contribution is 2.36. The van der Waals surface area contributed by atoms with Crippen molar-refractivity contribution in [3.05, 3.63) is 30.3 Å². The number of carbonyl (C=O) groups excluding carboxylic acids is 2. The fraction of sp³-hybridized carbons (Fsp3) is 0.273. The summed E-state index contributed by atoms with van der Waals surface area (Å²) in [6, 6.07) is 8.02. The molecule has 2 aliphatic rings. The summed E-state index contributed by atoms with van der Waals surface area (Å²) in [6.45, 7) is 0. The molecule has 1 aromatic carbocycles. The van der Waals surface area contributed by atoms with E-state index in [-0.39, 0.29) is 11.8 Å². The van der Waals surface area contributed by atoms with Crippen LogP contribution in [0.5, 0.6) is 0 Å². The van der Waals surface area contributed by atoms with Gasteiger partial charge in [-0.2, -0.15) is 10.2 Å². The van der Waals surface area contributed by atoms with Crippen LogP contribution in [0.25, 0.3) is 0 Å². The maximum atomic E-state index is 12.1. The molecule has 0 radical (unpaired) electrons. The van der Waals surface area contributed by atoms with Gasteiger partial charge in [-0.3, -0.25) is 9.59 Å². The number of fused-ring (bicyclic) bond motifs is 1. The highest BCUT2D eigenvalue weighted by atomic mass is 35.5. The lowest BCUT2D eigenvalue weighted by atomic mass is 10.1. The minimum absolute atomic E-state index is 0.323. The van der Waals surface area contributed by atoms with Gasteiger partial charge in [0.15, 0.2) is 11.5 Å². The van der Waals surface area contributed by atoms with Crippen molar-refractivity contribution in [1.29, 1.82) is 0 Å². The molecule has 0 aliphatic carbocycles. The van der Waals surface area contributed by atoms with Gasteiger partial charge in [0.1, 0.15) is 5.92 Å². The Bertz CT molecular complexity index is 517. The summed E-state index contributed by atoms with van der Waals surface area (Å²) in [5, 5.41) is 7.44. The molecule has 6 heteroatoms. The Kier molecular flexibility index (Phi) is 2.22. The van der Waals surface area contributed by atoms with Crippen molar-refractivity contribution in [3.8, 4) is 0 Å². The summed E-state index contributed by atoms with van der Waals surface area (Å²) in [4.78, 5) is 25.3. The third-order valence-corrected chi connectivity index (χ3v) is 3.29. The molecule has 0 N–H and O–H groups in total. The van der Waals surface area contributed by atoms with Crippen LogP contribution in [0.1, 0.15) is 0 Å². The van der Waals surface area contributed by atoms with Crippen molar-refractivity contribution in [3.63, 3.8) is 0 Å². The molecule has 3 rings (SSSR count). The molecule has 3 atom stereocenters. The van der Waals surface area contributed by atoms with Gasteiger partial charge in [0.2, 0.25) is 5.91 Å². The van der Waals surface area contributed by atoms with Crippen LogP contribution in [0, 0.1) is 5.92 Å². The summed E-state index contributed by atoms with van der Waals surface area (Å²) in [5.74, 6) is -1.32. The number of benzene rings is 1. The van der Waals surface area contributed by atoms with Crippen LogP contribution in [0.2, 0.25) is 0 Å². The van der Waals surface area contributed by atoms with Crippen molar-refractivity contribution in [2.24, 2.45) is 16.1 Å². The topological polar surface area (TPSA) is 62.1 Å². The molecule has 2 aliphatic heterocycles. The first kappa shape index (κ1) is 10.4. The second kappa shape index (κ2) is 3.63. The minimum Gasteiger partial charge on any atom is -0.273 e. The number of rotatable bonds is 1. The maximum Gasteiger partial charge on any atom is 0.261 e. The van der Waals surface area contributed by atoms with Gasteiger partial charge in [0, 0.05) is 0 Å². The number of nitrogens with zero attached hydrogens (tertiary/aromatic N) is 3. The average molecular weight is 250 g/mol. The molecule has 1 fully saturated rings. The fourth-order valence-corrected chi connectivity index (χ4v) is 2.40. The summed E-state index contributed by atoms with van der Waals surface area (Å²) in [5.41, 5.74) is -0.180. The molecule has 1 aromatic rings. The third kappa shape index (κ3) is 1.39. The van der Waals surface area contributed by atoms with E-state index in [1.807, 2.05) is 6.07 Å². The first-order valence-electron chi connectivity index (χ1n) is 5.17. The van der Waals surface area contributed by atoms with E-state index in [1.54, 1.807) is 24.3 Å². The van der Waals surface area contributed by atoms with Gasteiger partial charge in [0.05, 0.1) is 5.69 Å². The van der Waals surface area contributed by atoms with Crippen LogP contribution in [0.3, 0.4) is 0 Å². The second-order valence-corrected chi connectivity index (χ2v) is 4.37. The molecule has 2 heterocycles. The number of alkyl halides is 1. The van der Waals surface area contributed by atoms with Crippen LogP contribution in [0.4, 0.5) is 5.69 Å².